The molecule has 1 saturated heterocycles. The van der Waals surface area contributed by atoms with Crippen LogP contribution in [-0.4, -0.2) is 87.5 Å². The number of unbranched alkanes of at least 4 members (excludes halogenated alkanes) is 30. The van der Waals surface area contributed by atoms with Crippen LogP contribution in [0.3, 0.4) is 0 Å². The van der Waals surface area contributed by atoms with E-state index in [1.54, 1.807) is 0 Å². The van der Waals surface area contributed by atoms with Gasteiger partial charge in [-0.15, -0.1) is 0 Å². The van der Waals surface area contributed by atoms with Gasteiger partial charge in [-0.1, -0.05) is 213 Å². The summed E-state index contributed by atoms with van der Waals surface area (Å²) < 4.78 is 11.3. The van der Waals surface area contributed by atoms with Gasteiger partial charge in [0.25, 0.3) is 0 Å². The van der Waals surface area contributed by atoms with Gasteiger partial charge in [-0.05, 0) is 12.8 Å². The highest BCUT2D eigenvalue weighted by Crippen LogP contribution is 2.23. The molecule has 55 heavy (non-hydrogen) atoms. The number of carbonyl (C=O) groups is 1. The first-order valence-electron chi connectivity index (χ1n) is 23.7. The van der Waals surface area contributed by atoms with Crippen LogP contribution in [0.1, 0.15) is 232 Å². The molecule has 6 N–H and O–H groups in total. The highest BCUT2D eigenvalue weighted by atomic mass is 16.7. The molecule has 0 aromatic rings. The molecule has 1 amide bonds. The second-order valence-corrected chi connectivity index (χ2v) is 16.9. The molecule has 1 fully saturated rings. The van der Waals surface area contributed by atoms with E-state index < -0.39 is 49.5 Å². The van der Waals surface area contributed by atoms with Crippen LogP contribution in [0.4, 0.5) is 0 Å². The summed E-state index contributed by atoms with van der Waals surface area (Å²) in [7, 11) is 0. The number of aliphatic hydroxyl groups is 5. The van der Waals surface area contributed by atoms with Crippen LogP contribution in [0.5, 0.6) is 0 Å². The SMILES string of the molecule is CCCCCCCCCCCCCCCCCCCCC(O)C(COC1OC(CO)C(O)C(O)C1O)NC(=O)CCCCCCCCCCCCCCCC. The summed E-state index contributed by atoms with van der Waals surface area (Å²) in [6, 6.07) is -0.711. The average molecular weight is 786 g/mol. The first-order valence-corrected chi connectivity index (χ1v) is 23.7. The molecule has 0 aromatic carbocycles. The van der Waals surface area contributed by atoms with E-state index in [1.165, 1.54) is 167 Å². The molecular weight excluding hydrogens is 695 g/mol. The molecule has 0 radical (unpaired) electrons. The van der Waals surface area contributed by atoms with Gasteiger partial charge in [0, 0.05) is 6.42 Å². The minimum Gasteiger partial charge on any atom is -0.394 e. The molecule has 1 heterocycles. The Hall–Kier alpha value is -0.810. The van der Waals surface area contributed by atoms with Crippen molar-refractivity contribution in [2.45, 2.75) is 275 Å². The monoisotopic (exact) mass is 786 g/mol. The Bertz CT molecular complexity index is 832. The van der Waals surface area contributed by atoms with Crippen molar-refractivity contribution in [3.63, 3.8) is 0 Å². The third-order valence-corrected chi connectivity index (χ3v) is 11.7. The lowest BCUT2D eigenvalue weighted by Crippen LogP contribution is -2.60. The summed E-state index contributed by atoms with van der Waals surface area (Å²) in [4.78, 5) is 13.0. The van der Waals surface area contributed by atoms with E-state index in [2.05, 4.69) is 19.2 Å². The first-order chi connectivity index (χ1) is 26.8. The smallest absolute Gasteiger partial charge is 0.220 e. The average Bonchev–Trinajstić information content (AvgIpc) is 3.18. The van der Waals surface area contributed by atoms with Crippen LogP contribution in [0.2, 0.25) is 0 Å². The lowest BCUT2D eigenvalue weighted by Gasteiger charge is -2.40. The van der Waals surface area contributed by atoms with E-state index in [0.29, 0.717) is 12.8 Å². The number of carbonyl (C=O) groups excluding carboxylic acids is 1. The summed E-state index contributed by atoms with van der Waals surface area (Å²) in [5.41, 5.74) is 0. The van der Waals surface area contributed by atoms with Crippen molar-refractivity contribution >= 4 is 5.91 Å². The molecule has 328 valence electrons. The van der Waals surface area contributed by atoms with E-state index >= 15 is 0 Å². The number of aliphatic hydroxyl groups excluding tert-OH is 5. The molecule has 1 aliphatic heterocycles. The van der Waals surface area contributed by atoms with Gasteiger partial charge < -0.3 is 40.3 Å². The zero-order chi connectivity index (χ0) is 40.2. The van der Waals surface area contributed by atoms with Gasteiger partial charge in [0.15, 0.2) is 6.29 Å². The van der Waals surface area contributed by atoms with Crippen molar-refractivity contribution in [3.8, 4) is 0 Å². The molecule has 1 rings (SSSR count). The van der Waals surface area contributed by atoms with Crippen LogP contribution in [0.15, 0.2) is 0 Å². The Labute approximate surface area is 338 Å². The van der Waals surface area contributed by atoms with Gasteiger partial charge in [0.2, 0.25) is 5.91 Å². The number of hydrogen-bond donors (Lipinski definition) is 6. The van der Waals surface area contributed by atoms with E-state index in [9.17, 15) is 30.3 Å². The predicted molar refractivity (Wildman–Crippen MR) is 226 cm³/mol. The standard InChI is InChI=1S/C46H91NO8/c1-3-5-7-9-11-13-15-17-19-20-21-22-23-25-27-29-31-33-35-40(49)39(38-54-46-45(53)44(52)43(51)41(37-48)55-46)47-42(50)36-34-32-30-28-26-24-18-16-14-12-10-8-6-4-2/h39-41,43-46,48-49,51-53H,3-38H2,1-2H3,(H,47,50). The molecule has 0 bridgehead atoms. The quantitative estimate of drug-likeness (QED) is 0.0337. The summed E-state index contributed by atoms with van der Waals surface area (Å²) >= 11 is 0. The van der Waals surface area contributed by atoms with Gasteiger partial charge in [-0.2, -0.15) is 0 Å². The molecular formula is C46H91NO8. The lowest BCUT2D eigenvalue weighted by atomic mass is 9.99. The Morgan fingerprint density at radius 1 is 0.545 bits per heavy atom. The minimum atomic E-state index is -1.55. The summed E-state index contributed by atoms with van der Waals surface area (Å²) in [6.07, 6.45) is 33.9. The van der Waals surface area contributed by atoms with Crippen molar-refractivity contribution in [3.05, 3.63) is 0 Å². The van der Waals surface area contributed by atoms with Gasteiger partial charge in [-0.25, -0.2) is 0 Å². The van der Waals surface area contributed by atoms with Crippen molar-refractivity contribution < 1.29 is 39.8 Å². The van der Waals surface area contributed by atoms with Crippen molar-refractivity contribution in [1.29, 1.82) is 0 Å². The zero-order valence-corrected chi connectivity index (χ0v) is 36.0. The molecule has 0 aliphatic carbocycles. The van der Waals surface area contributed by atoms with Crippen LogP contribution in [-0.2, 0) is 14.3 Å². The van der Waals surface area contributed by atoms with Gasteiger partial charge >= 0.3 is 0 Å². The summed E-state index contributed by atoms with van der Waals surface area (Å²) in [5.74, 6) is -0.141. The molecule has 7 unspecified atom stereocenters. The van der Waals surface area contributed by atoms with Gasteiger partial charge in [0.05, 0.1) is 25.4 Å². The first kappa shape index (κ1) is 52.2. The van der Waals surface area contributed by atoms with E-state index in [-0.39, 0.29) is 12.5 Å². The predicted octanol–water partition coefficient (Wildman–Crippen LogP) is 9.95. The number of rotatable bonds is 40. The fraction of sp³-hybridized carbons (Fsp3) is 0.978. The molecule has 9 nitrogen and oxygen atoms in total. The minimum absolute atomic E-state index is 0.132. The molecule has 7 atom stereocenters. The Morgan fingerprint density at radius 3 is 1.29 bits per heavy atom. The highest BCUT2D eigenvalue weighted by molar-refractivity contribution is 5.76. The number of nitrogens with one attached hydrogen (secondary N) is 1. The molecule has 0 spiro atoms. The zero-order valence-electron chi connectivity index (χ0n) is 36.0. The topological polar surface area (TPSA) is 149 Å². The largest absolute Gasteiger partial charge is 0.394 e. The third-order valence-electron chi connectivity index (χ3n) is 11.7. The van der Waals surface area contributed by atoms with Crippen molar-refractivity contribution in [1.82, 2.24) is 5.32 Å². The highest BCUT2D eigenvalue weighted by Gasteiger charge is 2.44. The summed E-state index contributed by atoms with van der Waals surface area (Å²) in [5, 5.41) is 54.4. The van der Waals surface area contributed by atoms with Crippen LogP contribution in [0.25, 0.3) is 0 Å². The Balaban J connectivity index is 2.30. The normalized spacial score (nSPS) is 21.2. The van der Waals surface area contributed by atoms with E-state index in [1.807, 2.05) is 0 Å². The maximum absolute atomic E-state index is 13.0. The van der Waals surface area contributed by atoms with Crippen LogP contribution >= 0.6 is 0 Å². The second-order valence-electron chi connectivity index (χ2n) is 16.9. The molecule has 0 saturated carbocycles. The molecule has 9 heteroatoms. The number of hydrogen-bond acceptors (Lipinski definition) is 8. The lowest BCUT2D eigenvalue weighted by molar-refractivity contribution is -0.302. The second kappa shape index (κ2) is 37.5. The van der Waals surface area contributed by atoms with Gasteiger partial charge in [0.1, 0.15) is 24.4 Å². The van der Waals surface area contributed by atoms with Crippen LogP contribution in [0, 0.1) is 0 Å². The van der Waals surface area contributed by atoms with Gasteiger partial charge in [-0.3, -0.25) is 4.79 Å². The number of amides is 1. The van der Waals surface area contributed by atoms with E-state index in [0.717, 1.165) is 38.5 Å². The van der Waals surface area contributed by atoms with E-state index in [4.69, 9.17) is 9.47 Å². The summed E-state index contributed by atoms with van der Waals surface area (Å²) in [6.45, 7) is 3.85. The fourth-order valence-corrected chi connectivity index (χ4v) is 7.87. The van der Waals surface area contributed by atoms with Crippen molar-refractivity contribution in [2.24, 2.45) is 0 Å². The third kappa shape index (κ3) is 28.3. The maximum Gasteiger partial charge on any atom is 0.220 e. The number of ether oxygens (including phenoxy) is 2. The molecule has 0 aromatic heterocycles. The Kier molecular flexibility index (Phi) is 35.6. The Morgan fingerprint density at radius 2 is 0.909 bits per heavy atom. The van der Waals surface area contributed by atoms with Crippen LogP contribution < -0.4 is 5.32 Å². The van der Waals surface area contributed by atoms with Crippen molar-refractivity contribution in [2.75, 3.05) is 13.2 Å². The molecule has 1 aliphatic rings. The fourth-order valence-electron chi connectivity index (χ4n) is 7.87. The maximum atomic E-state index is 13.0.